The molecular weight excluding hydrogens is 368 g/mol. The topological polar surface area (TPSA) is 85.6 Å². The van der Waals surface area contributed by atoms with Crippen molar-refractivity contribution in [2.75, 3.05) is 26.8 Å². The standard InChI is InChI=1S/C21H32N6O2/c1-4-28-17-10-9-16(14-18(17)29-5-2)11-12-23-21(22-3)24-15-20-26-25-19-8-6-7-13-27(19)20/h9-10,14H,4-8,11-13,15H2,1-3H3,(H2,22,23,24). The average Bonchev–Trinajstić information content (AvgIpc) is 3.16. The lowest BCUT2D eigenvalue weighted by Gasteiger charge is -2.16. The molecule has 0 amide bonds. The summed E-state index contributed by atoms with van der Waals surface area (Å²) in [7, 11) is 1.78. The number of aryl methyl sites for hydroxylation is 1. The van der Waals surface area contributed by atoms with Gasteiger partial charge >= 0.3 is 0 Å². The summed E-state index contributed by atoms with van der Waals surface area (Å²) in [4.78, 5) is 4.31. The summed E-state index contributed by atoms with van der Waals surface area (Å²) in [5, 5.41) is 15.3. The van der Waals surface area contributed by atoms with Gasteiger partial charge in [0.15, 0.2) is 23.3 Å². The Morgan fingerprint density at radius 3 is 2.72 bits per heavy atom. The van der Waals surface area contributed by atoms with Crippen LogP contribution in [0, 0.1) is 0 Å². The summed E-state index contributed by atoms with van der Waals surface area (Å²) in [6, 6.07) is 6.11. The first-order valence-electron chi connectivity index (χ1n) is 10.5. The minimum Gasteiger partial charge on any atom is -0.490 e. The van der Waals surface area contributed by atoms with E-state index in [0.29, 0.717) is 19.8 Å². The Balaban J connectivity index is 1.50. The minimum absolute atomic E-state index is 0.615. The molecule has 0 aliphatic carbocycles. The van der Waals surface area contributed by atoms with Crippen molar-refractivity contribution in [2.24, 2.45) is 4.99 Å². The van der Waals surface area contributed by atoms with Crippen LogP contribution in [0.4, 0.5) is 0 Å². The Hall–Kier alpha value is -2.77. The van der Waals surface area contributed by atoms with Gasteiger partial charge in [0.2, 0.25) is 0 Å². The minimum atomic E-state index is 0.615. The van der Waals surface area contributed by atoms with Crippen LogP contribution in [0.25, 0.3) is 0 Å². The van der Waals surface area contributed by atoms with Crippen molar-refractivity contribution in [1.82, 2.24) is 25.4 Å². The van der Waals surface area contributed by atoms with Crippen LogP contribution >= 0.6 is 0 Å². The number of ether oxygens (including phenoxy) is 2. The molecule has 29 heavy (non-hydrogen) atoms. The highest BCUT2D eigenvalue weighted by molar-refractivity contribution is 5.79. The maximum absolute atomic E-state index is 5.71. The Labute approximate surface area is 172 Å². The van der Waals surface area contributed by atoms with E-state index in [2.05, 4.69) is 42.5 Å². The number of guanidine groups is 1. The maximum atomic E-state index is 5.71. The van der Waals surface area contributed by atoms with Gasteiger partial charge in [-0.25, -0.2) is 0 Å². The number of aliphatic imine (C=N–C) groups is 1. The van der Waals surface area contributed by atoms with E-state index in [4.69, 9.17) is 9.47 Å². The fourth-order valence-corrected chi connectivity index (χ4v) is 3.46. The van der Waals surface area contributed by atoms with Crippen molar-refractivity contribution in [1.29, 1.82) is 0 Å². The fourth-order valence-electron chi connectivity index (χ4n) is 3.46. The molecule has 8 nitrogen and oxygen atoms in total. The molecule has 0 bridgehead atoms. The van der Waals surface area contributed by atoms with Crippen LogP contribution in [0.3, 0.4) is 0 Å². The molecule has 0 spiro atoms. The van der Waals surface area contributed by atoms with E-state index in [0.717, 1.165) is 55.0 Å². The highest BCUT2D eigenvalue weighted by Gasteiger charge is 2.15. The number of nitrogens with one attached hydrogen (secondary N) is 2. The zero-order valence-corrected chi connectivity index (χ0v) is 17.7. The first-order chi connectivity index (χ1) is 14.2. The third-order valence-electron chi connectivity index (χ3n) is 4.89. The lowest BCUT2D eigenvalue weighted by Crippen LogP contribution is -2.38. The Bertz CT molecular complexity index is 817. The predicted molar refractivity (Wildman–Crippen MR) is 114 cm³/mol. The average molecular weight is 401 g/mol. The molecule has 2 aromatic rings. The maximum Gasteiger partial charge on any atom is 0.191 e. The highest BCUT2D eigenvalue weighted by atomic mass is 16.5. The van der Waals surface area contributed by atoms with E-state index >= 15 is 0 Å². The van der Waals surface area contributed by atoms with E-state index < -0.39 is 0 Å². The smallest absolute Gasteiger partial charge is 0.191 e. The molecule has 0 fully saturated rings. The molecule has 0 unspecified atom stereocenters. The number of nitrogens with zero attached hydrogens (tertiary/aromatic N) is 4. The molecule has 0 radical (unpaired) electrons. The van der Waals surface area contributed by atoms with Gasteiger partial charge in [-0.2, -0.15) is 0 Å². The van der Waals surface area contributed by atoms with Gasteiger partial charge < -0.3 is 24.7 Å². The quantitative estimate of drug-likeness (QED) is 0.496. The Morgan fingerprint density at radius 1 is 1.10 bits per heavy atom. The van der Waals surface area contributed by atoms with Crippen LogP contribution < -0.4 is 20.1 Å². The zero-order valence-electron chi connectivity index (χ0n) is 17.7. The number of hydrogen-bond acceptors (Lipinski definition) is 5. The molecule has 2 heterocycles. The molecule has 158 valence electrons. The Kier molecular flexibility index (Phi) is 7.72. The second kappa shape index (κ2) is 10.7. The molecular formula is C21H32N6O2. The fraction of sp³-hybridized carbons (Fsp3) is 0.571. The summed E-state index contributed by atoms with van der Waals surface area (Å²) in [5.41, 5.74) is 1.19. The number of rotatable bonds is 9. The zero-order chi connectivity index (χ0) is 20.5. The van der Waals surface area contributed by atoms with E-state index in [1.165, 1.54) is 18.4 Å². The van der Waals surface area contributed by atoms with Gasteiger partial charge in [-0.1, -0.05) is 6.07 Å². The SMILES string of the molecule is CCOc1ccc(CCNC(=NC)NCc2nnc3n2CCCC3)cc1OCC. The van der Waals surface area contributed by atoms with Gasteiger partial charge in [0.1, 0.15) is 5.82 Å². The van der Waals surface area contributed by atoms with Crippen LogP contribution in [0.1, 0.15) is 43.9 Å². The Morgan fingerprint density at radius 2 is 1.93 bits per heavy atom. The third kappa shape index (κ3) is 5.62. The lowest BCUT2D eigenvalue weighted by atomic mass is 10.1. The van der Waals surface area contributed by atoms with Gasteiger partial charge in [0.05, 0.1) is 19.8 Å². The second-order valence-electron chi connectivity index (χ2n) is 6.89. The van der Waals surface area contributed by atoms with Crippen molar-refractivity contribution in [3.05, 3.63) is 35.4 Å². The third-order valence-corrected chi connectivity index (χ3v) is 4.89. The van der Waals surface area contributed by atoms with E-state index in [1.54, 1.807) is 7.05 Å². The molecule has 1 aromatic heterocycles. The number of aromatic nitrogens is 3. The van der Waals surface area contributed by atoms with Gasteiger partial charge in [-0.05, 0) is 50.8 Å². The van der Waals surface area contributed by atoms with Crippen LogP contribution in [-0.2, 0) is 25.9 Å². The second-order valence-corrected chi connectivity index (χ2v) is 6.89. The van der Waals surface area contributed by atoms with Gasteiger partial charge in [0.25, 0.3) is 0 Å². The van der Waals surface area contributed by atoms with Crippen molar-refractivity contribution >= 4 is 5.96 Å². The van der Waals surface area contributed by atoms with Crippen LogP contribution in [0.2, 0.25) is 0 Å². The van der Waals surface area contributed by atoms with Crippen LogP contribution in [0.15, 0.2) is 23.2 Å². The first kappa shape index (κ1) is 21.0. The lowest BCUT2D eigenvalue weighted by molar-refractivity contribution is 0.287. The summed E-state index contributed by atoms with van der Waals surface area (Å²) >= 11 is 0. The van der Waals surface area contributed by atoms with Crippen LogP contribution in [0.5, 0.6) is 11.5 Å². The van der Waals surface area contributed by atoms with Crippen molar-refractivity contribution in [2.45, 2.75) is 52.6 Å². The van der Waals surface area contributed by atoms with Gasteiger partial charge in [0, 0.05) is 26.6 Å². The normalized spacial score (nSPS) is 13.7. The summed E-state index contributed by atoms with van der Waals surface area (Å²) in [6.45, 7) is 7.57. The van der Waals surface area contributed by atoms with Crippen molar-refractivity contribution in [3.63, 3.8) is 0 Å². The predicted octanol–water partition coefficient (Wildman–Crippen LogP) is 2.32. The molecule has 1 aromatic carbocycles. The monoisotopic (exact) mass is 400 g/mol. The molecule has 0 saturated heterocycles. The van der Waals surface area contributed by atoms with Crippen molar-refractivity contribution < 1.29 is 9.47 Å². The van der Waals surface area contributed by atoms with Crippen LogP contribution in [-0.4, -0.2) is 47.5 Å². The highest BCUT2D eigenvalue weighted by Crippen LogP contribution is 2.28. The van der Waals surface area contributed by atoms with Gasteiger partial charge in [-0.3, -0.25) is 4.99 Å². The van der Waals surface area contributed by atoms with E-state index in [-0.39, 0.29) is 0 Å². The summed E-state index contributed by atoms with van der Waals surface area (Å²) in [5.74, 6) is 4.41. The van der Waals surface area contributed by atoms with Crippen molar-refractivity contribution in [3.8, 4) is 11.5 Å². The molecule has 1 aliphatic heterocycles. The molecule has 1 aliphatic rings. The molecule has 0 atom stereocenters. The number of benzene rings is 1. The molecule has 0 saturated carbocycles. The molecule has 8 heteroatoms. The number of hydrogen-bond donors (Lipinski definition) is 2. The molecule has 3 rings (SSSR count). The summed E-state index contributed by atoms with van der Waals surface area (Å²) in [6.07, 6.45) is 4.27. The number of fused-ring (bicyclic) bond motifs is 1. The largest absolute Gasteiger partial charge is 0.490 e. The van der Waals surface area contributed by atoms with E-state index in [9.17, 15) is 0 Å². The van der Waals surface area contributed by atoms with E-state index in [1.807, 2.05) is 19.9 Å². The van der Waals surface area contributed by atoms with Gasteiger partial charge in [-0.15, -0.1) is 10.2 Å². The summed E-state index contributed by atoms with van der Waals surface area (Å²) < 4.78 is 13.6. The first-order valence-corrected chi connectivity index (χ1v) is 10.5. The molecule has 2 N–H and O–H groups in total.